The predicted octanol–water partition coefficient (Wildman–Crippen LogP) is 3.26. The molecule has 24 heavy (non-hydrogen) atoms. The molecule has 0 aromatic rings. The Morgan fingerprint density at radius 3 is 2.21 bits per heavy atom. The van der Waals surface area contributed by atoms with Crippen LogP contribution in [-0.4, -0.2) is 44.3 Å². The number of nitrogens with zero attached hydrogens (tertiary/aromatic N) is 1. The fourth-order valence-corrected chi connectivity index (χ4v) is 2.93. The van der Waals surface area contributed by atoms with Crippen LogP contribution in [0.3, 0.4) is 0 Å². The molecule has 0 unspecified atom stereocenters. The van der Waals surface area contributed by atoms with Crippen LogP contribution in [0.4, 0.5) is 4.79 Å². The van der Waals surface area contributed by atoms with E-state index in [0.29, 0.717) is 18.5 Å². The molecule has 0 aromatic carbocycles. The first-order valence-corrected chi connectivity index (χ1v) is 8.72. The van der Waals surface area contributed by atoms with Crippen LogP contribution in [0.1, 0.15) is 59.8 Å². The molecular formula is C17H35IN4O2. The lowest BCUT2D eigenvalue weighted by Gasteiger charge is -2.28. The minimum atomic E-state index is -0.467. The van der Waals surface area contributed by atoms with Gasteiger partial charge < -0.3 is 20.7 Å². The SMILES string of the molecule is CCC1(CNC(=NC)NCCNC(=O)OC(C)(C)C)CCCC1.I. The molecule has 0 aromatic heterocycles. The van der Waals surface area contributed by atoms with Crippen LogP contribution < -0.4 is 16.0 Å². The van der Waals surface area contributed by atoms with Gasteiger partial charge in [-0.1, -0.05) is 19.8 Å². The Morgan fingerprint density at radius 2 is 1.71 bits per heavy atom. The van der Waals surface area contributed by atoms with E-state index < -0.39 is 11.7 Å². The fourth-order valence-electron chi connectivity index (χ4n) is 2.93. The second-order valence-electron chi connectivity index (χ2n) is 7.34. The molecule has 0 radical (unpaired) electrons. The molecule has 1 saturated carbocycles. The van der Waals surface area contributed by atoms with Crippen molar-refractivity contribution in [1.82, 2.24) is 16.0 Å². The van der Waals surface area contributed by atoms with Gasteiger partial charge in [-0.3, -0.25) is 4.99 Å². The molecule has 1 aliphatic rings. The summed E-state index contributed by atoms with van der Waals surface area (Å²) in [5, 5.41) is 9.37. The zero-order chi connectivity index (χ0) is 17.3. The molecule has 1 aliphatic carbocycles. The Morgan fingerprint density at radius 1 is 1.12 bits per heavy atom. The highest BCUT2D eigenvalue weighted by Crippen LogP contribution is 2.40. The van der Waals surface area contributed by atoms with Crippen LogP contribution in [0.15, 0.2) is 4.99 Å². The lowest BCUT2D eigenvalue weighted by atomic mass is 9.83. The molecule has 0 bridgehead atoms. The number of rotatable bonds is 6. The van der Waals surface area contributed by atoms with Crippen LogP contribution in [0.25, 0.3) is 0 Å². The molecule has 6 nitrogen and oxygen atoms in total. The van der Waals surface area contributed by atoms with Gasteiger partial charge in [-0.05, 0) is 45.4 Å². The molecule has 0 aliphatic heterocycles. The zero-order valence-electron chi connectivity index (χ0n) is 15.8. The highest BCUT2D eigenvalue weighted by molar-refractivity contribution is 14.0. The third-order valence-corrected chi connectivity index (χ3v) is 4.35. The number of carbonyl (C=O) groups is 1. The Kier molecular flexibility index (Phi) is 10.7. The summed E-state index contributed by atoms with van der Waals surface area (Å²) in [6.07, 6.45) is 6.08. The minimum absolute atomic E-state index is 0. The van der Waals surface area contributed by atoms with E-state index >= 15 is 0 Å². The molecule has 1 rings (SSSR count). The van der Waals surface area contributed by atoms with Gasteiger partial charge in [0.05, 0.1) is 0 Å². The van der Waals surface area contributed by atoms with Gasteiger partial charge >= 0.3 is 6.09 Å². The van der Waals surface area contributed by atoms with Gasteiger partial charge in [0.25, 0.3) is 0 Å². The summed E-state index contributed by atoms with van der Waals surface area (Å²) in [6.45, 7) is 9.89. The highest BCUT2D eigenvalue weighted by atomic mass is 127. The summed E-state index contributed by atoms with van der Waals surface area (Å²) in [4.78, 5) is 15.8. The zero-order valence-corrected chi connectivity index (χ0v) is 18.2. The normalized spacial score (nSPS) is 17.0. The number of alkyl carbamates (subject to hydrolysis) is 1. The molecular weight excluding hydrogens is 419 g/mol. The van der Waals surface area contributed by atoms with E-state index in [9.17, 15) is 4.79 Å². The van der Waals surface area contributed by atoms with E-state index in [0.717, 1.165) is 12.5 Å². The smallest absolute Gasteiger partial charge is 0.407 e. The molecule has 0 atom stereocenters. The summed E-state index contributed by atoms with van der Waals surface area (Å²) in [7, 11) is 1.77. The highest BCUT2D eigenvalue weighted by Gasteiger charge is 2.31. The minimum Gasteiger partial charge on any atom is -0.444 e. The Hall–Kier alpha value is -0.730. The van der Waals surface area contributed by atoms with Gasteiger partial charge in [0.2, 0.25) is 0 Å². The van der Waals surface area contributed by atoms with Gasteiger partial charge in [0, 0.05) is 26.7 Å². The number of nitrogens with one attached hydrogen (secondary N) is 3. The van der Waals surface area contributed by atoms with E-state index in [2.05, 4.69) is 27.9 Å². The first kappa shape index (κ1) is 23.3. The summed E-state index contributed by atoms with van der Waals surface area (Å²) in [5.74, 6) is 0.788. The van der Waals surface area contributed by atoms with Crippen LogP contribution >= 0.6 is 24.0 Å². The molecule has 0 heterocycles. The number of halogens is 1. The quantitative estimate of drug-likeness (QED) is 0.249. The maximum Gasteiger partial charge on any atom is 0.407 e. The van der Waals surface area contributed by atoms with Crippen molar-refractivity contribution in [2.75, 3.05) is 26.7 Å². The number of hydrogen-bond acceptors (Lipinski definition) is 3. The largest absolute Gasteiger partial charge is 0.444 e. The number of aliphatic imine (C=N–C) groups is 1. The van der Waals surface area contributed by atoms with Gasteiger partial charge in [0.1, 0.15) is 5.60 Å². The summed E-state index contributed by atoms with van der Waals surface area (Å²) in [6, 6.07) is 0. The number of guanidine groups is 1. The van der Waals surface area contributed by atoms with Crippen molar-refractivity contribution in [2.24, 2.45) is 10.4 Å². The van der Waals surface area contributed by atoms with Crippen LogP contribution in [0.5, 0.6) is 0 Å². The van der Waals surface area contributed by atoms with Crippen molar-refractivity contribution in [3.63, 3.8) is 0 Å². The van der Waals surface area contributed by atoms with Crippen molar-refractivity contribution in [3.05, 3.63) is 0 Å². The van der Waals surface area contributed by atoms with Crippen LogP contribution in [0, 0.1) is 5.41 Å². The maximum absolute atomic E-state index is 11.5. The van der Waals surface area contributed by atoms with E-state index in [4.69, 9.17) is 4.74 Å². The number of hydrogen-bond donors (Lipinski definition) is 3. The van der Waals surface area contributed by atoms with Crippen molar-refractivity contribution in [2.45, 2.75) is 65.4 Å². The van der Waals surface area contributed by atoms with E-state index in [-0.39, 0.29) is 24.0 Å². The van der Waals surface area contributed by atoms with Crippen LogP contribution in [0.2, 0.25) is 0 Å². The van der Waals surface area contributed by atoms with Gasteiger partial charge in [-0.25, -0.2) is 4.79 Å². The van der Waals surface area contributed by atoms with Crippen molar-refractivity contribution >= 4 is 36.0 Å². The average molecular weight is 454 g/mol. The molecule has 7 heteroatoms. The lowest BCUT2D eigenvalue weighted by Crippen LogP contribution is -2.45. The Labute approximate surface area is 164 Å². The Bertz CT molecular complexity index is 402. The maximum atomic E-state index is 11.5. The first-order chi connectivity index (χ1) is 10.8. The van der Waals surface area contributed by atoms with E-state index in [1.54, 1.807) is 7.05 Å². The standard InChI is InChI=1S/C17H34N4O2.HI/c1-6-17(9-7-8-10-17)13-21-14(18-5)19-11-12-20-15(22)23-16(2,3)4;/h6-13H2,1-5H3,(H,20,22)(H2,18,19,21);1H. The van der Waals surface area contributed by atoms with Crippen molar-refractivity contribution < 1.29 is 9.53 Å². The summed E-state index contributed by atoms with van der Waals surface area (Å²) >= 11 is 0. The molecule has 0 saturated heterocycles. The molecule has 1 fully saturated rings. The fraction of sp³-hybridized carbons (Fsp3) is 0.882. The van der Waals surface area contributed by atoms with Gasteiger partial charge in [0.15, 0.2) is 5.96 Å². The number of carbonyl (C=O) groups excluding carboxylic acids is 1. The van der Waals surface area contributed by atoms with Crippen molar-refractivity contribution in [1.29, 1.82) is 0 Å². The first-order valence-electron chi connectivity index (χ1n) is 8.72. The summed E-state index contributed by atoms with van der Waals surface area (Å²) in [5.41, 5.74) is -0.0444. The van der Waals surface area contributed by atoms with Crippen molar-refractivity contribution in [3.8, 4) is 0 Å². The monoisotopic (exact) mass is 454 g/mol. The molecule has 1 amide bonds. The summed E-state index contributed by atoms with van der Waals surface area (Å²) < 4.78 is 5.19. The van der Waals surface area contributed by atoms with E-state index in [1.165, 1.54) is 32.1 Å². The third kappa shape index (κ3) is 8.94. The van der Waals surface area contributed by atoms with Gasteiger partial charge in [-0.2, -0.15) is 0 Å². The molecule has 142 valence electrons. The predicted molar refractivity (Wildman–Crippen MR) is 110 cm³/mol. The Balaban J connectivity index is 0.00000529. The molecule has 0 spiro atoms. The second-order valence-corrected chi connectivity index (χ2v) is 7.34. The topological polar surface area (TPSA) is 74.8 Å². The van der Waals surface area contributed by atoms with Crippen LogP contribution in [-0.2, 0) is 4.74 Å². The lowest BCUT2D eigenvalue weighted by molar-refractivity contribution is 0.0529. The number of ether oxygens (including phenoxy) is 1. The van der Waals surface area contributed by atoms with E-state index in [1.807, 2.05) is 20.8 Å². The van der Waals surface area contributed by atoms with Gasteiger partial charge in [-0.15, -0.1) is 24.0 Å². The third-order valence-electron chi connectivity index (χ3n) is 4.35. The molecule has 3 N–H and O–H groups in total. The second kappa shape index (κ2) is 11.0. The average Bonchev–Trinajstić information content (AvgIpc) is 2.94. The number of amides is 1.